The maximum atomic E-state index is 12.2. The zero-order chi connectivity index (χ0) is 18.3. The Labute approximate surface area is 148 Å². The van der Waals surface area contributed by atoms with Gasteiger partial charge in [0.2, 0.25) is 15.9 Å². The van der Waals surface area contributed by atoms with Crippen LogP contribution in [0.3, 0.4) is 0 Å². The summed E-state index contributed by atoms with van der Waals surface area (Å²) in [6, 6.07) is 14.8. The van der Waals surface area contributed by atoms with Crippen molar-refractivity contribution in [1.82, 2.24) is 4.72 Å². The fourth-order valence-electron chi connectivity index (χ4n) is 2.23. The Morgan fingerprint density at radius 3 is 2.32 bits per heavy atom. The average molecular weight is 361 g/mol. The highest BCUT2D eigenvalue weighted by molar-refractivity contribution is 7.89. The molecule has 0 aliphatic carbocycles. The Morgan fingerprint density at radius 2 is 1.72 bits per heavy atom. The first-order valence-electron chi connectivity index (χ1n) is 8.12. The lowest BCUT2D eigenvalue weighted by atomic mass is 10.1. The number of carbonyl (C=O) groups excluding carboxylic acids is 1. The number of hydrogen-bond donors (Lipinski definition) is 3. The molecular weight excluding hydrogens is 338 g/mol. The Kier molecular flexibility index (Phi) is 6.69. The normalized spacial score (nSPS) is 12.6. The summed E-state index contributed by atoms with van der Waals surface area (Å²) in [5.41, 5.74) is 7.42. The van der Waals surface area contributed by atoms with Crippen LogP contribution in [0.15, 0.2) is 59.5 Å². The van der Waals surface area contributed by atoms with Crippen LogP contribution < -0.4 is 15.8 Å². The van der Waals surface area contributed by atoms with E-state index in [1.54, 1.807) is 12.1 Å². The topological polar surface area (TPSA) is 101 Å². The minimum Gasteiger partial charge on any atom is -0.325 e. The van der Waals surface area contributed by atoms with Gasteiger partial charge in [0.1, 0.15) is 0 Å². The molecule has 2 aromatic carbocycles. The molecule has 4 N–H and O–H groups in total. The molecule has 1 amide bonds. The largest absolute Gasteiger partial charge is 0.325 e. The Bertz CT molecular complexity index is 790. The Morgan fingerprint density at radius 1 is 1.08 bits per heavy atom. The molecule has 0 aliphatic heterocycles. The third kappa shape index (κ3) is 5.67. The molecular formula is C18H23N3O3S. The molecule has 2 rings (SSSR count). The van der Waals surface area contributed by atoms with E-state index >= 15 is 0 Å². The quantitative estimate of drug-likeness (QED) is 0.668. The van der Waals surface area contributed by atoms with Crippen molar-refractivity contribution in [3.63, 3.8) is 0 Å². The van der Waals surface area contributed by atoms with Crippen LogP contribution in [-0.4, -0.2) is 26.9 Å². The van der Waals surface area contributed by atoms with Gasteiger partial charge < -0.3 is 11.1 Å². The van der Waals surface area contributed by atoms with Crippen LogP contribution in [0.25, 0.3) is 0 Å². The van der Waals surface area contributed by atoms with E-state index < -0.39 is 16.1 Å². The number of nitrogens with two attached hydrogens (primary N) is 1. The summed E-state index contributed by atoms with van der Waals surface area (Å²) in [6.07, 6.45) is 1.15. The Balaban J connectivity index is 1.97. The molecule has 1 atom stereocenters. The number of nitrogens with one attached hydrogen (secondary N) is 2. The summed E-state index contributed by atoms with van der Waals surface area (Å²) in [6.45, 7) is 2.27. The SMILES string of the molecule is CCCNS(=O)(=O)c1ccc(NC(=O)[C@@H](N)Cc2ccccc2)cc1. The summed E-state index contributed by atoms with van der Waals surface area (Å²) in [5, 5.41) is 2.70. The third-order valence-corrected chi connectivity index (χ3v) is 5.09. The molecule has 0 fully saturated rings. The molecule has 0 saturated carbocycles. The van der Waals surface area contributed by atoms with E-state index in [1.807, 2.05) is 37.3 Å². The van der Waals surface area contributed by atoms with Gasteiger partial charge in [-0.2, -0.15) is 0 Å². The first-order chi connectivity index (χ1) is 11.9. The van der Waals surface area contributed by atoms with Crippen LogP contribution in [0.5, 0.6) is 0 Å². The maximum Gasteiger partial charge on any atom is 0.241 e. The van der Waals surface area contributed by atoms with Crippen LogP contribution in [0.2, 0.25) is 0 Å². The average Bonchev–Trinajstić information content (AvgIpc) is 2.61. The molecule has 0 bridgehead atoms. The number of amides is 1. The van der Waals surface area contributed by atoms with Crippen molar-refractivity contribution in [1.29, 1.82) is 0 Å². The zero-order valence-electron chi connectivity index (χ0n) is 14.1. The second-order valence-corrected chi connectivity index (χ2v) is 7.47. The van der Waals surface area contributed by atoms with Crippen LogP contribution in [0.1, 0.15) is 18.9 Å². The summed E-state index contributed by atoms with van der Waals surface area (Å²) >= 11 is 0. The lowest BCUT2D eigenvalue weighted by Gasteiger charge is -2.13. The fourth-order valence-corrected chi connectivity index (χ4v) is 3.37. The lowest BCUT2D eigenvalue weighted by Crippen LogP contribution is -2.37. The van der Waals surface area contributed by atoms with E-state index in [2.05, 4.69) is 10.0 Å². The molecule has 0 radical (unpaired) electrons. The molecule has 25 heavy (non-hydrogen) atoms. The van der Waals surface area contributed by atoms with Crippen LogP contribution >= 0.6 is 0 Å². The van der Waals surface area contributed by atoms with E-state index in [4.69, 9.17) is 5.73 Å². The summed E-state index contributed by atoms with van der Waals surface area (Å²) < 4.78 is 26.5. The van der Waals surface area contributed by atoms with Gasteiger partial charge in [0.15, 0.2) is 0 Å². The second kappa shape index (κ2) is 8.75. The van der Waals surface area contributed by atoms with Crippen molar-refractivity contribution in [3.8, 4) is 0 Å². The highest BCUT2D eigenvalue weighted by Crippen LogP contribution is 2.14. The van der Waals surface area contributed by atoms with Gasteiger partial charge in [-0.3, -0.25) is 4.79 Å². The standard InChI is InChI=1S/C18H23N3O3S/c1-2-12-20-25(23,24)16-10-8-15(9-11-16)21-18(22)17(19)13-14-6-4-3-5-7-14/h3-11,17,20H,2,12-13,19H2,1H3,(H,21,22)/t17-/m0/s1. The monoisotopic (exact) mass is 361 g/mol. The molecule has 6 nitrogen and oxygen atoms in total. The molecule has 2 aromatic rings. The second-order valence-electron chi connectivity index (χ2n) is 5.71. The number of hydrogen-bond acceptors (Lipinski definition) is 4. The number of benzene rings is 2. The van der Waals surface area contributed by atoms with E-state index in [0.29, 0.717) is 25.1 Å². The van der Waals surface area contributed by atoms with Crippen molar-refractivity contribution in [2.45, 2.75) is 30.7 Å². The zero-order valence-corrected chi connectivity index (χ0v) is 14.9. The molecule has 0 spiro atoms. The number of carbonyl (C=O) groups is 1. The van der Waals surface area contributed by atoms with E-state index in [1.165, 1.54) is 12.1 Å². The van der Waals surface area contributed by atoms with Gasteiger partial charge in [0, 0.05) is 12.2 Å². The van der Waals surface area contributed by atoms with E-state index in [-0.39, 0.29) is 10.8 Å². The van der Waals surface area contributed by atoms with Gasteiger partial charge in [-0.25, -0.2) is 13.1 Å². The van der Waals surface area contributed by atoms with E-state index in [9.17, 15) is 13.2 Å². The minimum atomic E-state index is -3.51. The smallest absolute Gasteiger partial charge is 0.241 e. The van der Waals surface area contributed by atoms with Crippen LogP contribution in [0, 0.1) is 0 Å². The van der Waals surface area contributed by atoms with Crippen LogP contribution in [-0.2, 0) is 21.2 Å². The maximum absolute atomic E-state index is 12.2. The molecule has 0 unspecified atom stereocenters. The minimum absolute atomic E-state index is 0.160. The Hall–Kier alpha value is -2.22. The van der Waals surface area contributed by atoms with Crippen molar-refractivity contribution in [2.75, 3.05) is 11.9 Å². The highest BCUT2D eigenvalue weighted by atomic mass is 32.2. The summed E-state index contributed by atoms with van der Waals surface area (Å²) in [5.74, 6) is -0.316. The van der Waals surface area contributed by atoms with Gasteiger partial charge in [-0.1, -0.05) is 37.3 Å². The van der Waals surface area contributed by atoms with Crippen molar-refractivity contribution in [3.05, 3.63) is 60.2 Å². The van der Waals surface area contributed by atoms with Gasteiger partial charge >= 0.3 is 0 Å². The summed E-state index contributed by atoms with van der Waals surface area (Å²) in [4.78, 5) is 12.3. The fraction of sp³-hybridized carbons (Fsp3) is 0.278. The number of rotatable bonds is 8. The predicted octanol–water partition coefficient (Wildman–Crippen LogP) is 1.88. The molecule has 134 valence electrons. The van der Waals surface area contributed by atoms with Gasteiger partial charge in [-0.05, 0) is 42.7 Å². The van der Waals surface area contributed by atoms with Gasteiger partial charge in [0.05, 0.1) is 10.9 Å². The van der Waals surface area contributed by atoms with E-state index in [0.717, 1.165) is 5.56 Å². The van der Waals surface area contributed by atoms with Crippen molar-refractivity contribution in [2.24, 2.45) is 5.73 Å². The summed E-state index contributed by atoms with van der Waals surface area (Å²) in [7, 11) is -3.51. The molecule has 0 aliphatic rings. The molecule has 0 heterocycles. The first kappa shape index (κ1) is 19.1. The molecule has 0 saturated heterocycles. The lowest BCUT2D eigenvalue weighted by molar-refractivity contribution is -0.117. The number of sulfonamides is 1. The van der Waals surface area contributed by atoms with Gasteiger partial charge in [0.25, 0.3) is 0 Å². The predicted molar refractivity (Wildman–Crippen MR) is 98.7 cm³/mol. The highest BCUT2D eigenvalue weighted by Gasteiger charge is 2.16. The first-order valence-corrected chi connectivity index (χ1v) is 9.61. The van der Waals surface area contributed by atoms with Gasteiger partial charge in [-0.15, -0.1) is 0 Å². The third-order valence-electron chi connectivity index (χ3n) is 3.61. The molecule has 7 heteroatoms. The van der Waals surface area contributed by atoms with Crippen molar-refractivity contribution >= 4 is 21.6 Å². The number of anilines is 1. The van der Waals surface area contributed by atoms with Crippen LogP contribution in [0.4, 0.5) is 5.69 Å². The molecule has 0 aromatic heterocycles. The van der Waals surface area contributed by atoms with Crippen molar-refractivity contribution < 1.29 is 13.2 Å².